The highest BCUT2D eigenvalue weighted by molar-refractivity contribution is 6.29. The van der Waals surface area contributed by atoms with Crippen LogP contribution in [0.1, 0.15) is 43.0 Å². The SMILES string of the molecule is CC1CCCC(N(C)c2nc(Cl)ccc2C(=O)O)C1. The molecular weight excluding hydrogens is 264 g/mol. The number of hydrogen-bond acceptors (Lipinski definition) is 3. The van der Waals surface area contributed by atoms with Crippen LogP contribution in [0.25, 0.3) is 0 Å². The molecule has 0 amide bonds. The van der Waals surface area contributed by atoms with Crippen molar-refractivity contribution in [1.29, 1.82) is 0 Å². The van der Waals surface area contributed by atoms with E-state index in [2.05, 4.69) is 11.9 Å². The Morgan fingerprint density at radius 3 is 2.84 bits per heavy atom. The molecule has 1 aromatic rings. The molecule has 1 aliphatic carbocycles. The first-order valence-electron chi connectivity index (χ1n) is 6.61. The third kappa shape index (κ3) is 3.18. The highest BCUT2D eigenvalue weighted by Gasteiger charge is 2.26. The Morgan fingerprint density at radius 2 is 2.21 bits per heavy atom. The molecule has 0 bridgehead atoms. The standard InChI is InChI=1S/C14H19ClN2O2/c1-9-4-3-5-10(8-9)17(2)13-11(14(18)19)6-7-12(15)16-13/h6-7,9-10H,3-5,8H2,1-2H3,(H,18,19). The Hall–Kier alpha value is -1.29. The van der Waals surface area contributed by atoms with Crippen LogP contribution in [-0.2, 0) is 0 Å². The summed E-state index contributed by atoms with van der Waals surface area (Å²) in [5, 5.41) is 9.58. The lowest BCUT2D eigenvalue weighted by molar-refractivity contribution is 0.0697. The highest BCUT2D eigenvalue weighted by Crippen LogP contribution is 2.30. The van der Waals surface area contributed by atoms with E-state index in [1.165, 1.54) is 25.0 Å². The number of aromatic nitrogens is 1. The molecule has 19 heavy (non-hydrogen) atoms. The summed E-state index contributed by atoms with van der Waals surface area (Å²) in [5.74, 6) is 0.183. The van der Waals surface area contributed by atoms with Gasteiger partial charge in [-0.1, -0.05) is 31.4 Å². The average molecular weight is 283 g/mol. The van der Waals surface area contributed by atoms with Gasteiger partial charge in [0.25, 0.3) is 0 Å². The molecule has 0 spiro atoms. The van der Waals surface area contributed by atoms with Crippen LogP contribution < -0.4 is 4.90 Å². The molecule has 0 radical (unpaired) electrons. The van der Waals surface area contributed by atoms with Crippen molar-refractivity contribution in [3.8, 4) is 0 Å². The Labute approximate surface area is 118 Å². The van der Waals surface area contributed by atoms with E-state index >= 15 is 0 Å². The Balaban J connectivity index is 2.29. The second-order valence-corrected chi connectivity index (χ2v) is 5.73. The van der Waals surface area contributed by atoms with Crippen LogP contribution in [0.2, 0.25) is 5.15 Å². The largest absolute Gasteiger partial charge is 0.478 e. The summed E-state index contributed by atoms with van der Waals surface area (Å²) in [6.07, 6.45) is 4.58. The smallest absolute Gasteiger partial charge is 0.339 e. The molecule has 1 saturated carbocycles. The number of carboxylic acid groups (broad SMARTS) is 1. The number of aromatic carboxylic acids is 1. The predicted molar refractivity (Wildman–Crippen MR) is 76.0 cm³/mol. The van der Waals surface area contributed by atoms with Crippen LogP contribution >= 0.6 is 11.6 Å². The Morgan fingerprint density at radius 1 is 1.47 bits per heavy atom. The normalized spacial score (nSPS) is 23.1. The van der Waals surface area contributed by atoms with E-state index in [1.807, 2.05) is 11.9 Å². The minimum absolute atomic E-state index is 0.213. The van der Waals surface area contributed by atoms with Crippen LogP contribution in [0, 0.1) is 5.92 Å². The molecule has 0 saturated heterocycles. The van der Waals surface area contributed by atoms with Gasteiger partial charge in [-0.25, -0.2) is 9.78 Å². The molecule has 1 aliphatic rings. The van der Waals surface area contributed by atoms with Crippen LogP contribution in [0.15, 0.2) is 12.1 Å². The Kier molecular flexibility index (Phi) is 4.30. The van der Waals surface area contributed by atoms with Crippen molar-refractivity contribution < 1.29 is 9.90 Å². The molecule has 2 atom stereocenters. The van der Waals surface area contributed by atoms with Crippen LogP contribution in [0.3, 0.4) is 0 Å². The molecule has 1 heterocycles. The number of pyridine rings is 1. The van der Waals surface area contributed by atoms with E-state index in [1.54, 1.807) is 0 Å². The van der Waals surface area contributed by atoms with E-state index in [4.69, 9.17) is 11.6 Å². The summed E-state index contributed by atoms with van der Waals surface area (Å²) in [7, 11) is 1.91. The third-order valence-corrected chi connectivity index (χ3v) is 4.07. The molecule has 0 aliphatic heterocycles. The van der Waals surface area contributed by atoms with Crippen molar-refractivity contribution in [2.45, 2.75) is 38.6 Å². The van der Waals surface area contributed by atoms with Crippen molar-refractivity contribution >= 4 is 23.4 Å². The summed E-state index contributed by atoms with van der Waals surface area (Å²) < 4.78 is 0. The van der Waals surface area contributed by atoms with Gasteiger partial charge in [-0.2, -0.15) is 0 Å². The second kappa shape index (κ2) is 5.78. The molecule has 4 nitrogen and oxygen atoms in total. The van der Waals surface area contributed by atoms with Gasteiger partial charge in [0, 0.05) is 13.1 Å². The number of nitrogens with zero attached hydrogens (tertiary/aromatic N) is 2. The van der Waals surface area contributed by atoms with Gasteiger partial charge < -0.3 is 10.0 Å². The lowest BCUT2D eigenvalue weighted by Crippen LogP contribution is -2.37. The van der Waals surface area contributed by atoms with Gasteiger partial charge >= 0.3 is 5.97 Å². The predicted octanol–water partition coefficient (Wildman–Crippen LogP) is 3.45. The molecule has 1 fully saturated rings. The summed E-state index contributed by atoms with van der Waals surface area (Å²) >= 11 is 5.90. The lowest BCUT2D eigenvalue weighted by atomic mass is 9.86. The molecule has 1 aromatic heterocycles. The zero-order chi connectivity index (χ0) is 14.0. The molecule has 1 N–H and O–H groups in total. The van der Waals surface area contributed by atoms with Crippen molar-refractivity contribution in [2.75, 3.05) is 11.9 Å². The highest BCUT2D eigenvalue weighted by atomic mass is 35.5. The minimum atomic E-state index is -0.963. The minimum Gasteiger partial charge on any atom is -0.478 e. The van der Waals surface area contributed by atoms with E-state index in [9.17, 15) is 9.90 Å². The van der Waals surface area contributed by atoms with E-state index in [0.29, 0.717) is 22.9 Å². The first kappa shape index (κ1) is 14.1. The maximum Gasteiger partial charge on any atom is 0.339 e. The fraction of sp³-hybridized carbons (Fsp3) is 0.571. The monoisotopic (exact) mass is 282 g/mol. The average Bonchev–Trinajstić information content (AvgIpc) is 2.37. The maximum atomic E-state index is 11.3. The van der Waals surface area contributed by atoms with Gasteiger partial charge in [-0.15, -0.1) is 0 Å². The van der Waals surface area contributed by atoms with Crippen LogP contribution in [-0.4, -0.2) is 29.1 Å². The number of carboxylic acids is 1. The van der Waals surface area contributed by atoms with E-state index in [-0.39, 0.29) is 5.56 Å². The van der Waals surface area contributed by atoms with Gasteiger partial charge in [0.1, 0.15) is 16.5 Å². The molecule has 0 aromatic carbocycles. The van der Waals surface area contributed by atoms with Crippen LogP contribution in [0.5, 0.6) is 0 Å². The molecule has 2 rings (SSSR count). The number of carbonyl (C=O) groups is 1. The van der Waals surface area contributed by atoms with Crippen molar-refractivity contribution in [2.24, 2.45) is 5.92 Å². The van der Waals surface area contributed by atoms with E-state index in [0.717, 1.165) is 12.8 Å². The number of halogens is 1. The lowest BCUT2D eigenvalue weighted by Gasteiger charge is -2.35. The zero-order valence-corrected chi connectivity index (χ0v) is 12.0. The molecule has 2 unspecified atom stereocenters. The topological polar surface area (TPSA) is 53.4 Å². The molecular formula is C14H19ClN2O2. The fourth-order valence-corrected chi connectivity index (χ4v) is 2.93. The van der Waals surface area contributed by atoms with Gasteiger partial charge in [0.2, 0.25) is 0 Å². The van der Waals surface area contributed by atoms with Crippen molar-refractivity contribution in [1.82, 2.24) is 4.98 Å². The second-order valence-electron chi connectivity index (χ2n) is 5.35. The molecule has 5 heteroatoms. The number of rotatable bonds is 3. The first-order chi connectivity index (χ1) is 8.99. The van der Waals surface area contributed by atoms with Crippen molar-refractivity contribution in [3.05, 3.63) is 22.8 Å². The number of anilines is 1. The molecule has 104 valence electrons. The van der Waals surface area contributed by atoms with Gasteiger partial charge in [0.15, 0.2) is 0 Å². The summed E-state index contributed by atoms with van der Waals surface area (Å²) in [6, 6.07) is 3.38. The summed E-state index contributed by atoms with van der Waals surface area (Å²) in [4.78, 5) is 17.5. The van der Waals surface area contributed by atoms with Crippen molar-refractivity contribution in [3.63, 3.8) is 0 Å². The van der Waals surface area contributed by atoms with Gasteiger partial charge in [-0.05, 0) is 30.9 Å². The zero-order valence-electron chi connectivity index (χ0n) is 11.3. The van der Waals surface area contributed by atoms with E-state index < -0.39 is 5.97 Å². The summed E-state index contributed by atoms with van der Waals surface area (Å²) in [6.45, 7) is 2.24. The maximum absolute atomic E-state index is 11.3. The third-order valence-electron chi connectivity index (χ3n) is 3.86. The fourth-order valence-electron chi connectivity index (χ4n) is 2.79. The first-order valence-corrected chi connectivity index (χ1v) is 6.99. The Bertz CT molecular complexity index is 479. The number of hydrogen-bond donors (Lipinski definition) is 1. The van der Waals surface area contributed by atoms with Gasteiger partial charge in [-0.3, -0.25) is 0 Å². The van der Waals surface area contributed by atoms with Crippen LogP contribution in [0.4, 0.5) is 5.82 Å². The van der Waals surface area contributed by atoms with Gasteiger partial charge in [0.05, 0.1) is 0 Å². The summed E-state index contributed by atoms with van der Waals surface area (Å²) in [5.41, 5.74) is 0.213. The quantitative estimate of drug-likeness (QED) is 0.863.